The molecule has 0 saturated heterocycles. The predicted octanol–water partition coefficient (Wildman–Crippen LogP) is 3.41. The number of carboxylic acids is 1. The third kappa shape index (κ3) is 3.47. The molecule has 4 nitrogen and oxygen atoms in total. The minimum atomic E-state index is -0.913. The molecule has 0 aliphatic carbocycles. The first-order valence-corrected chi connectivity index (χ1v) is 6.81. The molecule has 0 radical (unpaired) electrons. The summed E-state index contributed by atoms with van der Waals surface area (Å²) in [7, 11) is 0. The van der Waals surface area contributed by atoms with E-state index in [0.717, 1.165) is 16.5 Å². The van der Waals surface area contributed by atoms with Crippen molar-refractivity contribution in [2.24, 2.45) is 5.41 Å². The molecule has 0 fully saturated rings. The molecule has 0 aliphatic rings. The zero-order valence-corrected chi connectivity index (χ0v) is 12.4. The Labute approximate surface area is 123 Å². The molecule has 0 spiro atoms. The maximum atomic E-state index is 11.1. The fourth-order valence-electron chi connectivity index (χ4n) is 1.86. The van der Waals surface area contributed by atoms with Crippen molar-refractivity contribution in [2.45, 2.75) is 26.9 Å². The topological polar surface area (TPSA) is 70.4 Å². The first kappa shape index (κ1) is 15.2. The van der Waals surface area contributed by atoms with Crippen molar-refractivity contribution < 1.29 is 15.0 Å². The number of carboxylic acid groups (broad SMARTS) is 1. The highest BCUT2D eigenvalue weighted by Crippen LogP contribution is 2.22. The highest BCUT2D eigenvalue weighted by molar-refractivity contribution is 5.82. The van der Waals surface area contributed by atoms with Gasteiger partial charge >= 0.3 is 5.97 Å². The molecule has 1 aromatic heterocycles. The van der Waals surface area contributed by atoms with E-state index in [-0.39, 0.29) is 0 Å². The molecule has 0 aliphatic heterocycles. The zero-order valence-electron chi connectivity index (χ0n) is 12.4. The van der Waals surface area contributed by atoms with E-state index in [1.54, 1.807) is 39.0 Å². The first-order chi connectivity index (χ1) is 9.79. The lowest BCUT2D eigenvalue weighted by molar-refractivity contribution is -0.144. The summed E-state index contributed by atoms with van der Waals surface area (Å²) >= 11 is 0. The van der Waals surface area contributed by atoms with Crippen LogP contribution in [0.3, 0.4) is 0 Å². The summed E-state index contributed by atoms with van der Waals surface area (Å²) in [4.78, 5) is 15.5. The second-order valence-corrected chi connectivity index (χ2v) is 5.72. The van der Waals surface area contributed by atoms with Gasteiger partial charge in [0.15, 0.2) is 0 Å². The summed E-state index contributed by atoms with van der Waals surface area (Å²) < 4.78 is 0. The van der Waals surface area contributed by atoms with E-state index in [9.17, 15) is 9.90 Å². The molecule has 2 aromatic rings. The second kappa shape index (κ2) is 5.66. The smallest absolute Gasteiger partial charge is 0.312 e. The Kier molecular flexibility index (Phi) is 4.09. The van der Waals surface area contributed by atoms with Crippen LogP contribution in [0.2, 0.25) is 0 Å². The summed E-state index contributed by atoms with van der Waals surface area (Å²) in [6.07, 6.45) is 2.83. The molecule has 2 rings (SSSR count). The van der Waals surface area contributed by atoms with Crippen LogP contribution in [-0.4, -0.2) is 21.2 Å². The van der Waals surface area contributed by atoms with Gasteiger partial charge in [0.25, 0.3) is 0 Å². The normalized spacial score (nSPS) is 13.7. The maximum absolute atomic E-state index is 11.1. The molecule has 1 aromatic carbocycles. The van der Waals surface area contributed by atoms with E-state index >= 15 is 0 Å². The molecule has 1 atom stereocenters. The third-order valence-corrected chi connectivity index (χ3v) is 3.41. The molecule has 110 valence electrons. The summed E-state index contributed by atoms with van der Waals surface area (Å²) in [6, 6.07) is 9.45. The van der Waals surface area contributed by atoms with Crippen LogP contribution in [0.15, 0.2) is 36.4 Å². The van der Waals surface area contributed by atoms with Gasteiger partial charge in [-0.25, -0.2) is 0 Å². The highest BCUT2D eigenvalue weighted by Gasteiger charge is 2.22. The molecule has 0 saturated carbocycles. The Morgan fingerprint density at radius 2 is 1.95 bits per heavy atom. The van der Waals surface area contributed by atoms with Gasteiger partial charge in [0, 0.05) is 5.39 Å². The van der Waals surface area contributed by atoms with Gasteiger partial charge in [0.05, 0.1) is 22.7 Å². The van der Waals surface area contributed by atoms with Crippen molar-refractivity contribution in [3.8, 4) is 0 Å². The molecular weight excluding hydrogens is 266 g/mol. The van der Waals surface area contributed by atoms with Gasteiger partial charge < -0.3 is 10.2 Å². The van der Waals surface area contributed by atoms with Crippen molar-refractivity contribution in [3.05, 3.63) is 47.7 Å². The van der Waals surface area contributed by atoms with Crippen molar-refractivity contribution in [3.63, 3.8) is 0 Å². The minimum Gasteiger partial charge on any atom is -0.481 e. The van der Waals surface area contributed by atoms with Gasteiger partial charge in [-0.3, -0.25) is 9.78 Å². The lowest BCUT2D eigenvalue weighted by atomic mass is 9.92. The van der Waals surface area contributed by atoms with Gasteiger partial charge in [0.1, 0.15) is 0 Å². The predicted molar refractivity (Wildman–Crippen MR) is 82.8 cm³/mol. The number of pyridine rings is 1. The number of hydrogen-bond acceptors (Lipinski definition) is 3. The molecule has 0 amide bonds. The number of nitrogens with zero attached hydrogens (tertiary/aromatic N) is 1. The summed E-state index contributed by atoms with van der Waals surface area (Å²) in [5.74, 6) is -0.867. The lowest BCUT2D eigenvalue weighted by Gasteiger charge is -2.13. The Balaban J connectivity index is 2.38. The number of aliphatic hydroxyl groups is 1. The second-order valence-electron chi connectivity index (χ2n) is 5.72. The van der Waals surface area contributed by atoms with Crippen LogP contribution in [-0.2, 0) is 4.79 Å². The summed E-state index contributed by atoms with van der Waals surface area (Å²) in [6.45, 7) is 4.97. The number of carbonyl (C=O) groups is 1. The van der Waals surface area contributed by atoms with E-state index in [0.29, 0.717) is 5.69 Å². The monoisotopic (exact) mass is 285 g/mol. The summed E-state index contributed by atoms with van der Waals surface area (Å²) in [5.41, 5.74) is 1.37. The van der Waals surface area contributed by atoms with Gasteiger partial charge in [-0.15, -0.1) is 0 Å². The van der Waals surface area contributed by atoms with E-state index in [1.807, 2.05) is 24.3 Å². The molecule has 4 heteroatoms. The molecule has 2 N–H and O–H groups in total. The van der Waals surface area contributed by atoms with Crippen LogP contribution in [0.25, 0.3) is 17.0 Å². The standard InChI is InChI=1S/C17H19NO3/c1-11(19)14-7-6-13-5-4-12(10-15(13)18-14)8-9-17(2,3)16(20)21/h4-11,19H,1-3H3,(H,20,21)/b9-8+/t11-/m1/s1. The molecule has 21 heavy (non-hydrogen) atoms. The Morgan fingerprint density at radius 3 is 2.57 bits per heavy atom. The first-order valence-electron chi connectivity index (χ1n) is 6.81. The fraction of sp³-hybridized carbons (Fsp3) is 0.294. The summed E-state index contributed by atoms with van der Waals surface area (Å²) in [5, 5.41) is 19.7. The quantitative estimate of drug-likeness (QED) is 0.903. The van der Waals surface area contributed by atoms with Crippen LogP contribution in [0.1, 0.15) is 38.1 Å². The number of benzene rings is 1. The van der Waals surface area contributed by atoms with Crippen molar-refractivity contribution in [1.29, 1.82) is 0 Å². The largest absolute Gasteiger partial charge is 0.481 e. The maximum Gasteiger partial charge on any atom is 0.312 e. The van der Waals surface area contributed by atoms with Crippen molar-refractivity contribution in [1.82, 2.24) is 4.98 Å². The van der Waals surface area contributed by atoms with Gasteiger partial charge in [-0.2, -0.15) is 0 Å². The number of fused-ring (bicyclic) bond motifs is 1. The third-order valence-electron chi connectivity index (χ3n) is 3.41. The Morgan fingerprint density at radius 1 is 1.29 bits per heavy atom. The van der Waals surface area contributed by atoms with E-state index in [1.165, 1.54) is 0 Å². The fourth-order valence-corrected chi connectivity index (χ4v) is 1.86. The van der Waals surface area contributed by atoms with Gasteiger partial charge in [-0.05, 0) is 38.5 Å². The molecule has 0 unspecified atom stereocenters. The van der Waals surface area contributed by atoms with Crippen LogP contribution in [0, 0.1) is 5.41 Å². The van der Waals surface area contributed by atoms with Crippen LogP contribution >= 0.6 is 0 Å². The number of aliphatic carboxylic acids is 1. The zero-order chi connectivity index (χ0) is 15.6. The van der Waals surface area contributed by atoms with E-state index < -0.39 is 17.5 Å². The van der Waals surface area contributed by atoms with Crippen LogP contribution in [0.4, 0.5) is 0 Å². The Bertz CT molecular complexity index is 702. The van der Waals surface area contributed by atoms with Crippen LogP contribution in [0.5, 0.6) is 0 Å². The average molecular weight is 285 g/mol. The van der Waals surface area contributed by atoms with E-state index in [4.69, 9.17) is 5.11 Å². The van der Waals surface area contributed by atoms with Crippen molar-refractivity contribution >= 4 is 22.9 Å². The lowest BCUT2D eigenvalue weighted by Crippen LogP contribution is -2.20. The molecule has 0 bridgehead atoms. The minimum absolute atomic E-state index is 0.612. The van der Waals surface area contributed by atoms with Crippen LogP contribution < -0.4 is 0 Å². The number of rotatable bonds is 4. The van der Waals surface area contributed by atoms with Crippen molar-refractivity contribution in [2.75, 3.05) is 0 Å². The molecule has 1 heterocycles. The van der Waals surface area contributed by atoms with E-state index in [2.05, 4.69) is 4.98 Å². The average Bonchev–Trinajstić information content (AvgIpc) is 2.44. The number of hydrogen-bond donors (Lipinski definition) is 2. The molecular formula is C17H19NO3. The van der Waals surface area contributed by atoms with Gasteiger partial charge in [-0.1, -0.05) is 30.4 Å². The number of aromatic nitrogens is 1. The SMILES string of the molecule is C[C@@H](O)c1ccc2ccc(/C=C/C(C)(C)C(=O)O)cc2n1. The van der Waals surface area contributed by atoms with Gasteiger partial charge in [0.2, 0.25) is 0 Å². The Hall–Kier alpha value is -2.20. The highest BCUT2D eigenvalue weighted by atomic mass is 16.4. The number of aliphatic hydroxyl groups excluding tert-OH is 1.